The molecular weight excluding hydrogens is 246 g/mol. The highest BCUT2D eigenvalue weighted by Crippen LogP contribution is 2.17. The van der Waals surface area contributed by atoms with Crippen molar-refractivity contribution in [2.45, 2.75) is 0 Å². The van der Waals surface area contributed by atoms with Crippen LogP contribution in [0.1, 0.15) is 0 Å². The molecule has 0 aromatic heterocycles. The van der Waals surface area contributed by atoms with Crippen LogP contribution >= 0.6 is 11.8 Å². The van der Waals surface area contributed by atoms with Crippen molar-refractivity contribution in [2.75, 3.05) is 29.9 Å². The molecule has 0 aliphatic carbocycles. The van der Waals surface area contributed by atoms with Crippen molar-refractivity contribution in [1.82, 2.24) is 4.90 Å². The molecule has 1 fully saturated rings. The Balaban J connectivity index is 2.04. The second-order valence-corrected chi connectivity index (χ2v) is 4.88. The zero-order chi connectivity index (χ0) is 12.3. The number of hydrogen-bond acceptors (Lipinski definition) is 2. The fourth-order valence-corrected chi connectivity index (χ4v) is 2.46. The average Bonchev–Trinajstić information content (AvgIpc) is 2.35. The summed E-state index contributed by atoms with van der Waals surface area (Å²) in [5.74, 6) is 0.542. The topological polar surface area (TPSA) is 32.3 Å². The number of hydrogen-bond donors (Lipinski definition) is 1. The molecule has 92 valence electrons. The van der Waals surface area contributed by atoms with Gasteiger partial charge in [-0.05, 0) is 12.1 Å². The maximum absolute atomic E-state index is 13.3. The van der Waals surface area contributed by atoms with Gasteiger partial charge in [-0.1, -0.05) is 0 Å². The van der Waals surface area contributed by atoms with Crippen LogP contribution < -0.4 is 5.32 Å². The molecule has 1 aliphatic rings. The van der Waals surface area contributed by atoms with Crippen molar-refractivity contribution < 1.29 is 13.6 Å². The van der Waals surface area contributed by atoms with E-state index in [0.717, 1.165) is 29.7 Å². The van der Waals surface area contributed by atoms with Gasteiger partial charge in [-0.2, -0.15) is 11.8 Å². The number of anilines is 1. The van der Waals surface area contributed by atoms with Gasteiger partial charge in [0.2, 0.25) is 0 Å². The molecule has 1 aliphatic heterocycles. The third kappa shape index (κ3) is 3.09. The number of urea groups is 1. The number of rotatable bonds is 1. The molecule has 1 saturated heterocycles. The highest BCUT2D eigenvalue weighted by Gasteiger charge is 2.17. The monoisotopic (exact) mass is 258 g/mol. The normalized spacial score (nSPS) is 15.8. The standard InChI is InChI=1S/C11H12F2N2OS/c12-8-1-2-9(13)10(7-8)14-11(16)15-3-5-17-6-4-15/h1-2,7H,3-6H2,(H,14,16). The van der Waals surface area contributed by atoms with Crippen LogP contribution in [-0.4, -0.2) is 35.5 Å². The summed E-state index contributed by atoms with van der Waals surface area (Å²) >= 11 is 1.77. The Labute approximate surface area is 102 Å². The molecule has 1 N–H and O–H groups in total. The van der Waals surface area contributed by atoms with Crippen LogP contribution in [0.2, 0.25) is 0 Å². The fraction of sp³-hybridized carbons (Fsp3) is 0.364. The summed E-state index contributed by atoms with van der Waals surface area (Å²) in [4.78, 5) is 13.3. The Morgan fingerprint density at radius 1 is 1.29 bits per heavy atom. The number of nitrogens with zero attached hydrogens (tertiary/aromatic N) is 1. The van der Waals surface area contributed by atoms with Gasteiger partial charge in [0.05, 0.1) is 5.69 Å². The van der Waals surface area contributed by atoms with Crippen LogP contribution in [0.3, 0.4) is 0 Å². The smallest absolute Gasteiger partial charge is 0.321 e. The number of thioether (sulfide) groups is 1. The fourth-order valence-electron chi connectivity index (χ4n) is 1.55. The molecule has 6 heteroatoms. The van der Waals surface area contributed by atoms with Crippen molar-refractivity contribution >= 4 is 23.5 Å². The zero-order valence-electron chi connectivity index (χ0n) is 9.08. The van der Waals surface area contributed by atoms with E-state index in [1.807, 2.05) is 0 Å². The second-order valence-electron chi connectivity index (χ2n) is 3.65. The van der Waals surface area contributed by atoms with E-state index < -0.39 is 11.6 Å². The number of carbonyl (C=O) groups is 1. The summed E-state index contributed by atoms with van der Waals surface area (Å²) < 4.78 is 26.2. The number of carbonyl (C=O) groups excluding carboxylic acids is 1. The lowest BCUT2D eigenvalue weighted by atomic mass is 10.3. The molecule has 2 rings (SSSR count). The summed E-state index contributed by atoms with van der Waals surface area (Å²) in [6.07, 6.45) is 0. The average molecular weight is 258 g/mol. The molecule has 0 saturated carbocycles. The van der Waals surface area contributed by atoms with Crippen molar-refractivity contribution in [3.63, 3.8) is 0 Å². The van der Waals surface area contributed by atoms with Crippen LogP contribution in [0, 0.1) is 11.6 Å². The minimum absolute atomic E-state index is 0.117. The van der Waals surface area contributed by atoms with Crippen molar-refractivity contribution in [2.24, 2.45) is 0 Å². The molecule has 0 bridgehead atoms. The predicted octanol–water partition coefficient (Wildman–Crippen LogP) is 2.55. The van der Waals surface area contributed by atoms with Crippen molar-refractivity contribution in [1.29, 1.82) is 0 Å². The summed E-state index contributed by atoms with van der Waals surface area (Å²) in [6, 6.07) is 2.61. The lowest BCUT2D eigenvalue weighted by molar-refractivity contribution is 0.217. The number of benzene rings is 1. The van der Waals surface area contributed by atoms with Gasteiger partial charge in [0, 0.05) is 30.7 Å². The van der Waals surface area contributed by atoms with E-state index in [1.54, 1.807) is 16.7 Å². The summed E-state index contributed by atoms with van der Waals surface area (Å²) in [7, 11) is 0. The van der Waals surface area contributed by atoms with Gasteiger partial charge >= 0.3 is 6.03 Å². The van der Waals surface area contributed by atoms with Gasteiger partial charge in [0.15, 0.2) is 0 Å². The van der Waals surface area contributed by atoms with E-state index in [0.29, 0.717) is 13.1 Å². The van der Waals surface area contributed by atoms with Gasteiger partial charge in [-0.3, -0.25) is 0 Å². The second kappa shape index (κ2) is 5.35. The number of nitrogens with one attached hydrogen (secondary N) is 1. The molecule has 0 spiro atoms. The Kier molecular flexibility index (Phi) is 3.83. The molecular formula is C11H12F2N2OS. The molecule has 0 unspecified atom stereocenters. The van der Waals surface area contributed by atoms with Crippen LogP contribution in [0.15, 0.2) is 18.2 Å². The number of halogens is 2. The molecule has 2 amide bonds. The first kappa shape index (κ1) is 12.2. The lowest BCUT2D eigenvalue weighted by Gasteiger charge is -2.26. The van der Waals surface area contributed by atoms with Gasteiger partial charge in [-0.15, -0.1) is 0 Å². The molecule has 0 atom stereocenters. The van der Waals surface area contributed by atoms with Crippen LogP contribution in [-0.2, 0) is 0 Å². The molecule has 17 heavy (non-hydrogen) atoms. The SMILES string of the molecule is O=C(Nc1cc(F)ccc1F)N1CCSCC1. The summed E-state index contributed by atoms with van der Waals surface area (Å²) in [5, 5.41) is 2.38. The Morgan fingerprint density at radius 3 is 2.71 bits per heavy atom. The molecule has 1 aromatic carbocycles. The van der Waals surface area contributed by atoms with Crippen LogP contribution in [0.5, 0.6) is 0 Å². The van der Waals surface area contributed by atoms with E-state index in [1.165, 1.54) is 0 Å². The highest BCUT2D eigenvalue weighted by atomic mass is 32.2. The van der Waals surface area contributed by atoms with Crippen molar-refractivity contribution in [3.05, 3.63) is 29.8 Å². The Hall–Kier alpha value is -1.30. The third-order valence-corrected chi connectivity index (χ3v) is 3.41. The first-order valence-corrected chi connectivity index (χ1v) is 6.41. The third-order valence-electron chi connectivity index (χ3n) is 2.47. The first-order chi connectivity index (χ1) is 8.16. The quantitative estimate of drug-likeness (QED) is 0.839. The van der Waals surface area contributed by atoms with E-state index in [-0.39, 0.29) is 11.7 Å². The number of amides is 2. The predicted molar refractivity (Wildman–Crippen MR) is 64.3 cm³/mol. The largest absolute Gasteiger partial charge is 0.323 e. The maximum atomic E-state index is 13.3. The zero-order valence-corrected chi connectivity index (χ0v) is 9.90. The molecule has 1 heterocycles. The van der Waals surface area contributed by atoms with Crippen molar-refractivity contribution in [3.8, 4) is 0 Å². The molecule has 0 radical (unpaired) electrons. The highest BCUT2D eigenvalue weighted by molar-refractivity contribution is 7.99. The Bertz CT molecular complexity index is 422. The van der Waals surface area contributed by atoms with Gasteiger partial charge in [0.1, 0.15) is 11.6 Å². The van der Waals surface area contributed by atoms with E-state index >= 15 is 0 Å². The van der Waals surface area contributed by atoms with E-state index in [9.17, 15) is 13.6 Å². The minimum Gasteiger partial charge on any atom is -0.323 e. The first-order valence-electron chi connectivity index (χ1n) is 5.25. The molecule has 1 aromatic rings. The summed E-state index contributed by atoms with van der Waals surface area (Å²) in [6.45, 7) is 1.26. The van der Waals surface area contributed by atoms with Gasteiger partial charge in [-0.25, -0.2) is 13.6 Å². The van der Waals surface area contributed by atoms with Crippen LogP contribution in [0.25, 0.3) is 0 Å². The molecule has 3 nitrogen and oxygen atoms in total. The minimum atomic E-state index is -0.633. The lowest BCUT2D eigenvalue weighted by Crippen LogP contribution is -2.40. The van der Waals surface area contributed by atoms with Crippen LogP contribution in [0.4, 0.5) is 19.3 Å². The Morgan fingerprint density at radius 2 is 2.00 bits per heavy atom. The summed E-state index contributed by atoms with van der Waals surface area (Å²) in [5.41, 5.74) is -0.117. The van der Waals surface area contributed by atoms with Gasteiger partial charge < -0.3 is 10.2 Å². The maximum Gasteiger partial charge on any atom is 0.321 e. The van der Waals surface area contributed by atoms with E-state index in [2.05, 4.69) is 5.32 Å². The van der Waals surface area contributed by atoms with E-state index in [4.69, 9.17) is 0 Å². The van der Waals surface area contributed by atoms with Gasteiger partial charge in [0.25, 0.3) is 0 Å².